The molecule has 176 valence electrons. The van der Waals surface area contributed by atoms with Crippen LogP contribution in [0.1, 0.15) is 46.0 Å². The minimum Gasteiger partial charge on any atom is -0.380 e. The molecule has 3 N–H and O–H groups in total. The molecule has 1 aromatic heterocycles. The molecule has 0 fully saturated rings. The summed E-state index contributed by atoms with van der Waals surface area (Å²) in [5.74, 6) is 0.314. The summed E-state index contributed by atoms with van der Waals surface area (Å²) < 4.78 is 7.14. The van der Waals surface area contributed by atoms with Crippen LogP contribution in [-0.2, 0) is 20.9 Å². The molecule has 2 amide bonds. The standard InChI is InChI=1S/C23H34N4O4S/c1-17(2)11-14-31-15-12-25-21(29)16-32-23-26-19-9-6-5-8-18(19)22(30)27(23)13-7-3-4-10-20(24)28/h5-6,8-9,17H,3-4,7,10-16H2,1-2H3,(H2,24,28)(H,25,29). The van der Waals surface area contributed by atoms with Crippen molar-refractivity contribution in [3.63, 3.8) is 0 Å². The third-order valence-electron chi connectivity index (χ3n) is 4.87. The first-order chi connectivity index (χ1) is 15.4. The smallest absolute Gasteiger partial charge is 0.262 e. The molecule has 0 saturated heterocycles. The molecule has 0 aliphatic heterocycles. The van der Waals surface area contributed by atoms with Crippen LogP contribution >= 0.6 is 11.8 Å². The number of para-hydroxylation sites is 1. The van der Waals surface area contributed by atoms with Crippen molar-refractivity contribution in [1.29, 1.82) is 0 Å². The second-order valence-corrected chi connectivity index (χ2v) is 9.02. The second kappa shape index (κ2) is 13.9. The van der Waals surface area contributed by atoms with Gasteiger partial charge in [0, 0.05) is 26.1 Å². The number of primary amides is 1. The van der Waals surface area contributed by atoms with Crippen LogP contribution in [-0.4, -0.2) is 46.9 Å². The van der Waals surface area contributed by atoms with Crippen LogP contribution in [0.15, 0.2) is 34.2 Å². The highest BCUT2D eigenvalue weighted by atomic mass is 32.2. The number of nitrogens with zero attached hydrogens (tertiary/aromatic N) is 2. The first kappa shape index (κ1) is 25.9. The van der Waals surface area contributed by atoms with Gasteiger partial charge in [0.05, 0.1) is 23.3 Å². The molecule has 0 bridgehead atoms. The summed E-state index contributed by atoms with van der Waals surface area (Å²) in [6, 6.07) is 7.21. The molecule has 2 aromatic rings. The monoisotopic (exact) mass is 462 g/mol. The zero-order chi connectivity index (χ0) is 23.3. The average molecular weight is 463 g/mol. The van der Waals surface area contributed by atoms with Crippen LogP contribution in [0.2, 0.25) is 0 Å². The molecule has 0 unspecified atom stereocenters. The van der Waals surface area contributed by atoms with Gasteiger partial charge in [-0.3, -0.25) is 19.0 Å². The van der Waals surface area contributed by atoms with Crippen LogP contribution in [0.25, 0.3) is 10.9 Å². The molecule has 8 nitrogen and oxygen atoms in total. The number of ether oxygens (including phenoxy) is 1. The Hall–Kier alpha value is -2.39. The van der Waals surface area contributed by atoms with E-state index in [1.807, 2.05) is 12.1 Å². The van der Waals surface area contributed by atoms with Gasteiger partial charge in [-0.25, -0.2) is 4.98 Å². The molecule has 1 aromatic carbocycles. The van der Waals surface area contributed by atoms with E-state index in [0.29, 0.717) is 61.1 Å². The number of hydrogen-bond acceptors (Lipinski definition) is 6. The topological polar surface area (TPSA) is 116 Å². The van der Waals surface area contributed by atoms with Crippen molar-refractivity contribution in [2.45, 2.75) is 57.7 Å². The van der Waals surface area contributed by atoms with Crippen LogP contribution in [0.3, 0.4) is 0 Å². The van der Waals surface area contributed by atoms with E-state index in [1.165, 1.54) is 11.8 Å². The lowest BCUT2D eigenvalue weighted by Gasteiger charge is -2.13. The molecule has 0 saturated carbocycles. The average Bonchev–Trinajstić information content (AvgIpc) is 2.75. The van der Waals surface area contributed by atoms with Crippen molar-refractivity contribution < 1.29 is 14.3 Å². The highest BCUT2D eigenvalue weighted by molar-refractivity contribution is 7.99. The van der Waals surface area contributed by atoms with E-state index in [0.717, 1.165) is 19.3 Å². The quantitative estimate of drug-likeness (QED) is 0.239. The van der Waals surface area contributed by atoms with E-state index >= 15 is 0 Å². The predicted molar refractivity (Wildman–Crippen MR) is 128 cm³/mol. The highest BCUT2D eigenvalue weighted by Crippen LogP contribution is 2.18. The number of amides is 2. The number of unbranched alkanes of at least 4 members (excludes halogenated alkanes) is 2. The zero-order valence-corrected chi connectivity index (χ0v) is 19.8. The third kappa shape index (κ3) is 9.00. The molecule has 0 radical (unpaired) electrons. The number of benzene rings is 1. The maximum atomic E-state index is 13.0. The van der Waals surface area contributed by atoms with Crippen molar-refractivity contribution in [2.24, 2.45) is 11.7 Å². The van der Waals surface area contributed by atoms with E-state index in [1.54, 1.807) is 16.7 Å². The van der Waals surface area contributed by atoms with E-state index in [2.05, 4.69) is 24.1 Å². The van der Waals surface area contributed by atoms with Gasteiger partial charge in [-0.2, -0.15) is 0 Å². The number of nitrogens with one attached hydrogen (secondary N) is 1. The van der Waals surface area contributed by atoms with Crippen LogP contribution in [0, 0.1) is 5.92 Å². The second-order valence-electron chi connectivity index (χ2n) is 8.08. The maximum absolute atomic E-state index is 13.0. The number of fused-ring (bicyclic) bond motifs is 1. The summed E-state index contributed by atoms with van der Waals surface area (Å²) in [5, 5.41) is 3.91. The van der Waals surface area contributed by atoms with Crippen molar-refractivity contribution in [3.8, 4) is 0 Å². The maximum Gasteiger partial charge on any atom is 0.262 e. The Balaban J connectivity index is 1.94. The van der Waals surface area contributed by atoms with Gasteiger partial charge in [0.15, 0.2) is 5.16 Å². The fraction of sp³-hybridized carbons (Fsp3) is 0.565. The Morgan fingerprint density at radius 3 is 2.72 bits per heavy atom. The Bertz CT molecular complexity index is 945. The Labute approximate surface area is 193 Å². The predicted octanol–water partition coefficient (Wildman–Crippen LogP) is 2.71. The molecule has 0 spiro atoms. The van der Waals surface area contributed by atoms with E-state index in [-0.39, 0.29) is 23.1 Å². The van der Waals surface area contributed by atoms with Crippen LogP contribution in [0.5, 0.6) is 0 Å². The van der Waals surface area contributed by atoms with Crippen molar-refractivity contribution in [2.75, 3.05) is 25.5 Å². The van der Waals surface area contributed by atoms with Crippen molar-refractivity contribution in [3.05, 3.63) is 34.6 Å². The van der Waals surface area contributed by atoms with Gasteiger partial charge >= 0.3 is 0 Å². The normalized spacial score (nSPS) is 11.2. The molecular formula is C23H34N4O4S. The highest BCUT2D eigenvalue weighted by Gasteiger charge is 2.13. The van der Waals surface area contributed by atoms with Gasteiger partial charge in [0.2, 0.25) is 11.8 Å². The van der Waals surface area contributed by atoms with E-state index < -0.39 is 0 Å². The zero-order valence-electron chi connectivity index (χ0n) is 19.0. The first-order valence-electron chi connectivity index (χ1n) is 11.1. The van der Waals surface area contributed by atoms with Gasteiger partial charge in [-0.1, -0.05) is 44.2 Å². The van der Waals surface area contributed by atoms with Gasteiger partial charge in [-0.05, 0) is 37.3 Å². The minimum atomic E-state index is -0.317. The number of rotatable bonds is 15. The lowest BCUT2D eigenvalue weighted by atomic mass is 10.1. The first-order valence-corrected chi connectivity index (χ1v) is 12.1. The minimum absolute atomic E-state index is 0.119. The number of aromatic nitrogens is 2. The number of hydrogen-bond donors (Lipinski definition) is 2. The molecule has 0 atom stereocenters. The Morgan fingerprint density at radius 1 is 1.19 bits per heavy atom. The Kier molecular flexibility index (Phi) is 11.2. The van der Waals surface area contributed by atoms with Gasteiger partial charge in [0.1, 0.15) is 0 Å². The Morgan fingerprint density at radius 2 is 1.97 bits per heavy atom. The summed E-state index contributed by atoms with van der Waals surface area (Å²) >= 11 is 1.25. The number of carbonyl (C=O) groups excluding carboxylic acids is 2. The summed E-state index contributed by atoms with van der Waals surface area (Å²) in [4.78, 5) is 40.8. The van der Waals surface area contributed by atoms with Gasteiger partial charge < -0.3 is 15.8 Å². The SMILES string of the molecule is CC(C)CCOCCNC(=O)CSc1nc2ccccc2c(=O)n1CCCCCC(N)=O. The summed E-state index contributed by atoms with van der Waals surface area (Å²) in [7, 11) is 0. The molecule has 32 heavy (non-hydrogen) atoms. The number of thioether (sulfide) groups is 1. The molecule has 9 heteroatoms. The number of carbonyl (C=O) groups is 2. The molecular weight excluding hydrogens is 428 g/mol. The summed E-state index contributed by atoms with van der Waals surface area (Å²) in [6.45, 7) is 6.38. The van der Waals surface area contributed by atoms with Crippen molar-refractivity contribution >= 4 is 34.5 Å². The lowest BCUT2D eigenvalue weighted by molar-refractivity contribution is -0.119. The van der Waals surface area contributed by atoms with Crippen molar-refractivity contribution in [1.82, 2.24) is 14.9 Å². The van der Waals surface area contributed by atoms with E-state index in [9.17, 15) is 14.4 Å². The lowest BCUT2D eigenvalue weighted by Crippen LogP contribution is -2.29. The summed E-state index contributed by atoms with van der Waals surface area (Å²) in [5.41, 5.74) is 5.68. The summed E-state index contributed by atoms with van der Waals surface area (Å²) in [6.07, 6.45) is 3.53. The molecule has 2 rings (SSSR count). The molecule has 1 heterocycles. The molecule has 0 aliphatic rings. The fourth-order valence-corrected chi connectivity index (χ4v) is 3.92. The van der Waals surface area contributed by atoms with Crippen LogP contribution < -0.4 is 16.6 Å². The van der Waals surface area contributed by atoms with Gasteiger partial charge in [0.25, 0.3) is 5.56 Å². The van der Waals surface area contributed by atoms with Gasteiger partial charge in [-0.15, -0.1) is 0 Å². The third-order valence-corrected chi connectivity index (χ3v) is 5.85. The van der Waals surface area contributed by atoms with E-state index in [4.69, 9.17) is 10.5 Å². The molecule has 0 aliphatic carbocycles. The fourth-order valence-electron chi connectivity index (χ4n) is 3.07. The largest absolute Gasteiger partial charge is 0.380 e. The van der Waals surface area contributed by atoms with Crippen LogP contribution in [0.4, 0.5) is 0 Å². The number of nitrogens with two attached hydrogens (primary N) is 1.